The molecule has 0 fully saturated rings. The van der Waals surface area contributed by atoms with Crippen LogP contribution in [0.1, 0.15) is 22.3 Å². The van der Waals surface area contributed by atoms with Crippen LogP contribution in [0.25, 0.3) is 76.9 Å². The van der Waals surface area contributed by atoms with E-state index < -0.39 is 0 Å². The Kier molecular flexibility index (Phi) is 4.57. The fraction of sp³-hybridized carbons (Fsp3) is 0.0222. The van der Waals surface area contributed by atoms with Gasteiger partial charge < -0.3 is 4.42 Å². The summed E-state index contributed by atoms with van der Waals surface area (Å²) in [5.74, 6) is 0. The molecular weight excluding hydrogens is 556 g/mol. The first-order chi connectivity index (χ1) is 22.8. The third kappa shape index (κ3) is 2.87. The van der Waals surface area contributed by atoms with Crippen LogP contribution >= 0.6 is 0 Å². The Morgan fingerprint density at radius 1 is 0.326 bits per heavy atom. The van der Waals surface area contributed by atoms with Gasteiger partial charge in [0, 0.05) is 16.3 Å². The lowest BCUT2D eigenvalue weighted by atomic mass is 9.70. The van der Waals surface area contributed by atoms with Gasteiger partial charge in [-0.2, -0.15) is 0 Å². The van der Waals surface area contributed by atoms with E-state index in [1.807, 2.05) is 0 Å². The zero-order chi connectivity index (χ0) is 30.0. The number of benzene rings is 8. The van der Waals surface area contributed by atoms with Crippen molar-refractivity contribution in [2.75, 3.05) is 0 Å². The summed E-state index contributed by atoms with van der Waals surface area (Å²) in [6.07, 6.45) is 0. The molecule has 1 heterocycles. The molecular formula is C45H26O. The molecule has 0 amide bonds. The second-order valence-corrected chi connectivity index (χ2v) is 12.8. The van der Waals surface area contributed by atoms with Gasteiger partial charge in [0.2, 0.25) is 0 Å². The van der Waals surface area contributed by atoms with Crippen LogP contribution in [0.2, 0.25) is 0 Å². The first-order valence-corrected chi connectivity index (χ1v) is 16.0. The molecule has 2 aliphatic carbocycles. The standard InChI is InChI=1S/C45H26O/c1-2-13-28-27(12-1)24-36(30-15-4-3-14-29(28)30)34-19-11-20-35-38-25-37-33-18-7-10-23-41(33)45(42(37)26-43(38)46-44(34)35)39-21-8-5-16-31(39)32-17-6-9-22-40(32)45/h1-26H. The van der Waals surface area contributed by atoms with Gasteiger partial charge in [0.1, 0.15) is 11.2 Å². The van der Waals surface area contributed by atoms with E-state index in [0.29, 0.717) is 0 Å². The zero-order valence-corrected chi connectivity index (χ0v) is 24.9. The van der Waals surface area contributed by atoms with E-state index in [4.69, 9.17) is 4.42 Å². The van der Waals surface area contributed by atoms with Gasteiger partial charge >= 0.3 is 0 Å². The van der Waals surface area contributed by atoms with Crippen molar-refractivity contribution in [2.24, 2.45) is 0 Å². The van der Waals surface area contributed by atoms with Crippen molar-refractivity contribution in [3.05, 3.63) is 180 Å². The summed E-state index contributed by atoms with van der Waals surface area (Å²) >= 11 is 0. The molecule has 0 N–H and O–H groups in total. The summed E-state index contributed by atoms with van der Waals surface area (Å²) in [4.78, 5) is 0. The summed E-state index contributed by atoms with van der Waals surface area (Å²) in [6, 6.07) is 58.0. The average molecular weight is 583 g/mol. The molecule has 0 saturated heterocycles. The van der Waals surface area contributed by atoms with Crippen LogP contribution in [0.4, 0.5) is 0 Å². The summed E-state index contributed by atoms with van der Waals surface area (Å²) < 4.78 is 7.00. The summed E-state index contributed by atoms with van der Waals surface area (Å²) in [5, 5.41) is 7.32. The fourth-order valence-electron chi connectivity index (χ4n) is 8.87. The van der Waals surface area contributed by atoms with Gasteiger partial charge in [0.15, 0.2) is 0 Å². The van der Waals surface area contributed by atoms with Crippen molar-refractivity contribution in [1.82, 2.24) is 0 Å². The van der Waals surface area contributed by atoms with E-state index in [1.54, 1.807) is 0 Å². The number of para-hydroxylation sites is 1. The Bertz CT molecular complexity index is 2710. The van der Waals surface area contributed by atoms with Gasteiger partial charge in [-0.3, -0.25) is 0 Å². The Labute approximate surface area is 266 Å². The van der Waals surface area contributed by atoms with E-state index in [-0.39, 0.29) is 5.41 Å². The molecule has 11 rings (SSSR count). The number of fused-ring (bicyclic) bond motifs is 16. The number of furan rings is 1. The SMILES string of the molecule is c1ccc2c(c1)-c1ccccc1C21c2ccccc2-c2cc3c(cc21)oc1c(-c2cc4ccccc4c4ccccc24)cccc13. The Balaban J connectivity index is 1.24. The summed E-state index contributed by atoms with van der Waals surface area (Å²) in [6.45, 7) is 0. The summed E-state index contributed by atoms with van der Waals surface area (Å²) in [7, 11) is 0. The second kappa shape index (κ2) is 8.62. The number of hydrogen-bond donors (Lipinski definition) is 0. The largest absolute Gasteiger partial charge is 0.455 e. The highest BCUT2D eigenvalue weighted by Crippen LogP contribution is 2.63. The topological polar surface area (TPSA) is 13.1 Å². The number of rotatable bonds is 1. The van der Waals surface area contributed by atoms with Crippen molar-refractivity contribution in [3.8, 4) is 33.4 Å². The maximum atomic E-state index is 7.00. The van der Waals surface area contributed by atoms with E-state index in [2.05, 4.69) is 158 Å². The Morgan fingerprint density at radius 2 is 0.870 bits per heavy atom. The van der Waals surface area contributed by atoms with Crippen molar-refractivity contribution in [1.29, 1.82) is 0 Å². The van der Waals surface area contributed by atoms with Crippen molar-refractivity contribution in [2.45, 2.75) is 5.41 Å². The molecule has 0 atom stereocenters. The lowest BCUT2D eigenvalue weighted by Gasteiger charge is -2.30. The quantitative estimate of drug-likeness (QED) is 0.176. The van der Waals surface area contributed by atoms with Crippen molar-refractivity contribution < 1.29 is 4.42 Å². The van der Waals surface area contributed by atoms with Crippen LogP contribution in [-0.2, 0) is 5.41 Å². The maximum Gasteiger partial charge on any atom is 0.143 e. The second-order valence-electron chi connectivity index (χ2n) is 12.8. The average Bonchev–Trinajstić information content (AvgIpc) is 3.74. The molecule has 9 aromatic rings. The van der Waals surface area contributed by atoms with Crippen LogP contribution in [-0.4, -0.2) is 0 Å². The third-order valence-electron chi connectivity index (χ3n) is 10.7. The fourth-order valence-corrected chi connectivity index (χ4v) is 8.87. The molecule has 0 radical (unpaired) electrons. The van der Waals surface area contributed by atoms with Crippen molar-refractivity contribution >= 4 is 43.5 Å². The van der Waals surface area contributed by atoms with Crippen LogP contribution in [0.5, 0.6) is 0 Å². The van der Waals surface area contributed by atoms with E-state index in [1.165, 1.54) is 71.6 Å². The molecule has 0 bridgehead atoms. The van der Waals surface area contributed by atoms with E-state index in [9.17, 15) is 0 Å². The third-order valence-corrected chi connectivity index (χ3v) is 10.7. The minimum absolute atomic E-state index is 0.385. The first kappa shape index (κ1) is 24.4. The maximum absolute atomic E-state index is 7.00. The molecule has 1 heteroatoms. The van der Waals surface area contributed by atoms with E-state index in [0.717, 1.165) is 27.5 Å². The Hall–Kier alpha value is -5.92. The Morgan fingerprint density at radius 3 is 1.59 bits per heavy atom. The molecule has 1 aromatic heterocycles. The minimum atomic E-state index is -0.385. The molecule has 212 valence electrons. The van der Waals surface area contributed by atoms with Gasteiger partial charge in [0.25, 0.3) is 0 Å². The van der Waals surface area contributed by atoms with E-state index >= 15 is 0 Å². The highest BCUT2D eigenvalue weighted by molar-refractivity contribution is 6.18. The van der Waals surface area contributed by atoms with Gasteiger partial charge in [0.05, 0.1) is 5.41 Å². The molecule has 0 aliphatic heterocycles. The predicted molar refractivity (Wildman–Crippen MR) is 190 cm³/mol. The van der Waals surface area contributed by atoms with Crippen LogP contribution in [0.3, 0.4) is 0 Å². The molecule has 1 nitrogen and oxygen atoms in total. The highest BCUT2D eigenvalue weighted by Gasteiger charge is 2.51. The predicted octanol–water partition coefficient (Wildman–Crippen LogP) is 11.9. The highest BCUT2D eigenvalue weighted by atomic mass is 16.3. The normalized spacial score (nSPS) is 13.8. The van der Waals surface area contributed by atoms with Crippen molar-refractivity contribution in [3.63, 3.8) is 0 Å². The molecule has 0 unspecified atom stereocenters. The molecule has 0 saturated carbocycles. The number of hydrogen-bond acceptors (Lipinski definition) is 1. The minimum Gasteiger partial charge on any atom is -0.455 e. The van der Waals surface area contributed by atoms with Gasteiger partial charge in [-0.25, -0.2) is 0 Å². The summed E-state index contributed by atoms with van der Waals surface area (Å²) in [5.41, 5.74) is 14.4. The van der Waals surface area contributed by atoms with Gasteiger partial charge in [-0.1, -0.05) is 140 Å². The van der Waals surface area contributed by atoms with Crippen LogP contribution in [0, 0.1) is 0 Å². The van der Waals surface area contributed by atoms with Crippen LogP contribution < -0.4 is 0 Å². The lowest BCUT2D eigenvalue weighted by molar-refractivity contribution is 0.667. The molecule has 2 aliphatic rings. The monoisotopic (exact) mass is 582 g/mol. The molecule has 46 heavy (non-hydrogen) atoms. The zero-order valence-electron chi connectivity index (χ0n) is 24.9. The smallest absolute Gasteiger partial charge is 0.143 e. The first-order valence-electron chi connectivity index (χ1n) is 16.0. The van der Waals surface area contributed by atoms with Gasteiger partial charge in [-0.15, -0.1) is 0 Å². The molecule has 8 aromatic carbocycles. The molecule has 1 spiro atoms. The van der Waals surface area contributed by atoms with Gasteiger partial charge in [-0.05, 0) is 89.8 Å². The lowest BCUT2D eigenvalue weighted by Crippen LogP contribution is -2.25. The van der Waals surface area contributed by atoms with Crippen LogP contribution in [0.15, 0.2) is 162 Å².